The van der Waals surface area contributed by atoms with E-state index in [9.17, 15) is 10.1 Å². The van der Waals surface area contributed by atoms with Gasteiger partial charge in [-0.05, 0) is 60.5 Å². The molecule has 2 heterocycles. The smallest absolute Gasteiger partial charge is 0.262 e. The fourth-order valence-electron chi connectivity index (χ4n) is 3.54. The number of carbonyl (C=O) groups excluding carboxylic acids is 1. The minimum Gasteiger partial charge on any atom is -0.496 e. The van der Waals surface area contributed by atoms with Gasteiger partial charge in [-0.25, -0.2) is 4.68 Å². The molecule has 1 amide bonds. The van der Waals surface area contributed by atoms with Crippen molar-refractivity contribution < 1.29 is 9.53 Å². The molecule has 0 spiro atoms. The first kappa shape index (κ1) is 22.5. The van der Waals surface area contributed by atoms with Gasteiger partial charge in [0, 0.05) is 36.3 Å². The van der Waals surface area contributed by atoms with Crippen molar-refractivity contribution in [2.45, 2.75) is 13.5 Å². The van der Waals surface area contributed by atoms with Crippen molar-refractivity contribution in [3.8, 4) is 28.8 Å². The van der Waals surface area contributed by atoms with E-state index in [-0.39, 0.29) is 12.1 Å². The molecule has 0 bridgehead atoms. The van der Waals surface area contributed by atoms with E-state index in [0.717, 1.165) is 28.1 Å². The summed E-state index contributed by atoms with van der Waals surface area (Å²) in [7, 11) is 1.63. The van der Waals surface area contributed by atoms with Gasteiger partial charge >= 0.3 is 0 Å². The molecule has 7 heteroatoms. The molecule has 2 aromatic heterocycles. The van der Waals surface area contributed by atoms with Crippen molar-refractivity contribution in [2.24, 2.45) is 0 Å². The van der Waals surface area contributed by atoms with Crippen molar-refractivity contribution >= 4 is 12.0 Å². The molecular formula is C27H23N5O2. The summed E-state index contributed by atoms with van der Waals surface area (Å²) in [4.78, 5) is 16.8. The molecule has 4 aromatic rings. The Bertz CT molecular complexity index is 1370. The van der Waals surface area contributed by atoms with Gasteiger partial charge in [-0.3, -0.25) is 9.78 Å². The number of aromatic nitrogens is 3. The number of carbonyl (C=O) groups is 1. The quantitative estimate of drug-likeness (QED) is 0.332. The summed E-state index contributed by atoms with van der Waals surface area (Å²) in [5.74, 6) is 0.312. The van der Waals surface area contributed by atoms with Gasteiger partial charge in [0.2, 0.25) is 0 Å². The average Bonchev–Trinajstić information content (AvgIpc) is 3.31. The number of benzene rings is 2. The van der Waals surface area contributed by atoms with Gasteiger partial charge in [0.15, 0.2) is 0 Å². The second-order valence-electron chi connectivity index (χ2n) is 7.61. The third-order valence-corrected chi connectivity index (χ3v) is 5.27. The van der Waals surface area contributed by atoms with Crippen LogP contribution in [0.15, 0.2) is 84.8 Å². The number of hydrogen-bond donors (Lipinski definition) is 1. The highest BCUT2D eigenvalue weighted by Crippen LogP contribution is 2.29. The average molecular weight is 450 g/mol. The Labute approximate surface area is 198 Å². The zero-order chi connectivity index (χ0) is 23.9. The number of pyridine rings is 1. The van der Waals surface area contributed by atoms with E-state index < -0.39 is 5.91 Å². The van der Waals surface area contributed by atoms with E-state index >= 15 is 0 Å². The summed E-state index contributed by atoms with van der Waals surface area (Å²) in [6, 6.07) is 21.1. The first-order valence-electron chi connectivity index (χ1n) is 10.7. The summed E-state index contributed by atoms with van der Waals surface area (Å²) in [5, 5.41) is 17.3. The highest BCUT2D eigenvalue weighted by Gasteiger charge is 2.16. The molecule has 0 aliphatic carbocycles. The number of rotatable bonds is 7. The number of nitriles is 1. The second-order valence-corrected chi connectivity index (χ2v) is 7.61. The molecule has 0 saturated heterocycles. The molecule has 0 saturated carbocycles. The lowest BCUT2D eigenvalue weighted by Gasteiger charge is -2.07. The molecule has 7 nitrogen and oxygen atoms in total. The van der Waals surface area contributed by atoms with E-state index in [1.807, 2.05) is 73.8 Å². The number of para-hydroxylation sites is 1. The first-order valence-corrected chi connectivity index (χ1v) is 10.7. The first-order chi connectivity index (χ1) is 16.6. The van der Waals surface area contributed by atoms with E-state index in [0.29, 0.717) is 11.3 Å². The predicted molar refractivity (Wildman–Crippen MR) is 130 cm³/mol. The second kappa shape index (κ2) is 10.3. The Morgan fingerprint density at radius 2 is 2.00 bits per heavy atom. The van der Waals surface area contributed by atoms with Gasteiger partial charge in [0.1, 0.15) is 23.1 Å². The number of aryl methyl sites for hydroxylation is 1. The van der Waals surface area contributed by atoms with E-state index in [2.05, 4.69) is 10.3 Å². The lowest BCUT2D eigenvalue weighted by Crippen LogP contribution is -2.24. The molecular weight excluding hydrogens is 426 g/mol. The molecule has 0 radical (unpaired) electrons. The van der Waals surface area contributed by atoms with Gasteiger partial charge in [0.25, 0.3) is 5.91 Å². The van der Waals surface area contributed by atoms with Crippen molar-refractivity contribution in [3.63, 3.8) is 0 Å². The van der Waals surface area contributed by atoms with Crippen LogP contribution in [-0.2, 0) is 11.3 Å². The number of amides is 1. The number of ether oxygens (including phenoxy) is 1. The SMILES string of the molecule is COc1ccc(-c2nn(-c3ccccc3)cc2/C=C(\C#N)C(=O)NCc2cccnc2)cc1C. The van der Waals surface area contributed by atoms with Crippen LogP contribution in [-0.4, -0.2) is 27.8 Å². The fraction of sp³-hybridized carbons (Fsp3) is 0.111. The molecule has 2 aromatic carbocycles. The molecule has 4 rings (SSSR count). The van der Waals surface area contributed by atoms with Crippen molar-refractivity contribution in [2.75, 3.05) is 7.11 Å². The van der Waals surface area contributed by atoms with E-state index in [4.69, 9.17) is 9.84 Å². The molecule has 1 N–H and O–H groups in total. The maximum atomic E-state index is 12.7. The Morgan fingerprint density at radius 1 is 1.18 bits per heavy atom. The maximum Gasteiger partial charge on any atom is 0.262 e. The Balaban J connectivity index is 1.72. The van der Waals surface area contributed by atoms with Crippen LogP contribution in [0, 0.1) is 18.3 Å². The number of methoxy groups -OCH3 is 1. The zero-order valence-corrected chi connectivity index (χ0v) is 18.9. The van der Waals surface area contributed by atoms with E-state index in [1.54, 1.807) is 36.3 Å². The van der Waals surface area contributed by atoms with Crippen molar-refractivity contribution in [1.82, 2.24) is 20.1 Å². The standard InChI is InChI=1S/C27H23N5O2/c1-19-13-21(10-11-25(19)34-2)26-23(18-32(31-26)24-8-4-3-5-9-24)14-22(15-28)27(33)30-17-20-7-6-12-29-16-20/h3-14,16,18H,17H2,1-2H3,(H,30,33)/b22-14+. The summed E-state index contributed by atoms with van der Waals surface area (Å²) >= 11 is 0. The summed E-state index contributed by atoms with van der Waals surface area (Å²) in [6.45, 7) is 2.23. The highest BCUT2D eigenvalue weighted by molar-refractivity contribution is 6.02. The Hall–Kier alpha value is -4.70. The van der Waals surface area contributed by atoms with Gasteiger partial charge in [-0.1, -0.05) is 24.3 Å². The van der Waals surface area contributed by atoms with Crippen molar-refractivity contribution in [3.05, 3.63) is 102 Å². The molecule has 0 unspecified atom stereocenters. The molecule has 168 valence electrons. The summed E-state index contributed by atoms with van der Waals surface area (Å²) in [5.41, 5.74) is 4.82. The maximum absolute atomic E-state index is 12.7. The minimum atomic E-state index is -0.462. The van der Waals surface area contributed by atoms with Crippen LogP contribution in [0.25, 0.3) is 23.0 Å². The van der Waals surface area contributed by atoms with Crippen molar-refractivity contribution in [1.29, 1.82) is 5.26 Å². The largest absolute Gasteiger partial charge is 0.496 e. The summed E-state index contributed by atoms with van der Waals surface area (Å²) < 4.78 is 7.12. The van der Waals surface area contributed by atoms with Crippen LogP contribution in [0.3, 0.4) is 0 Å². The van der Waals surface area contributed by atoms with Crippen LogP contribution in [0.2, 0.25) is 0 Å². The third-order valence-electron chi connectivity index (χ3n) is 5.27. The number of hydrogen-bond acceptors (Lipinski definition) is 5. The van der Waals surface area contributed by atoms with Crippen LogP contribution in [0.5, 0.6) is 5.75 Å². The predicted octanol–water partition coefficient (Wildman–Crippen LogP) is 4.47. The monoisotopic (exact) mass is 449 g/mol. The molecule has 0 fully saturated rings. The molecule has 34 heavy (non-hydrogen) atoms. The number of nitrogens with zero attached hydrogens (tertiary/aromatic N) is 4. The lowest BCUT2D eigenvalue weighted by atomic mass is 10.0. The van der Waals surface area contributed by atoms with Gasteiger partial charge in [-0.15, -0.1) is 0 Å². The van der Waals surface area contributed by atoms with E-state index in [1.165, 1.54) is 0 Å². The zero-order valence-electron chi connectivity index (χ0n) is 18.9. The highest BCUT2D eigenvalue weighted by atomic mass is 16.5. The molecule has 0 aliphatic rings. The molecule has 0 atom stereocenters. The Morgan fingerprint density at radius 3 is 2.68 bits per heavy atom. The van der Waals surface area contributed by atoms with Crippen LogP contribution in [0.1, 0.15) is 16.7 Å². The topological polar surface area (TPSA) is 92.8 Å². The molecule has 0 aliphatic heterocycles. The third kappa shape index (κ3) is 5.03. The van der Waals surface area contributed by atoms with Gasteiger partial charge < -0.3 is 10.1 Å². The van der Waals surface area contributed by atoms with Crippen LogP contribution < -0.4 is 10.1 Å². The van der Waals surface area contributed by atoms with Crippen LogP contribution >= 0.6 is 0 Å². The van der Waals surface area contributed by atoms with Gasteiger partial charge in [0.05, 0.1) is 12.8 Å². The Kier molecular flexibility index (Phi) is 6.80. The summed E-state index contributed by atoms with van der Waals surface area (Å²) in [6.07, 6.45) is 6.72. The fourth-order valence-corrected chi connectivity index (χ4v) is 3.54. The number of nitrogens with one attached hydrogen (secondary N) is 1. The van der Waals surface area contributed by atoms with Crippen LogP contribution in [0.4, 0.5) is 0 Å². The minimum absolute atomic E-state index is 0.0111. The lowest BCUT2D eigenvalue weighted by molar-refractivity contribution is -0.117. The van der Waals surface area contributed by atoms with Gasteiger partial charge in [-0.2, -0.15) is 10.4 Å². The normalized spacial score (nSPS) is 11.0.